The van der Waals surface area contributed by atoms with Crippen LogP contribution in [0.4, 0.5) is 0 Å². The first-order chi connectivity index (χ1) is 26.0. The number of hydrogen-bond donors (Lipinski definition) is 8. The number of ether oxygens (including phenoxy) is 12. The van der Waals surface area contributed by atoms with Crippen LogP contribution in [-0.4, -0.2) is 210 Å². The van der Waals surface area contributed by atoms with Crippen molar-refractivity contribution in [1.82, 2.24) is 0 Å². The van der Waals surface area contributed by atoms with Gasteiger partial charge in [0.1, 0.15) is 0 Å². The minimum absolute atomic E-state index is 0. The molecule has 60 heavy (non-hydrogen) atoms. The average molecular weight is 2400 g/mol. The second-order valence-electron chi connectivity index (χ2n) is 10.8. The maximum atomic E-state index is 9.21. The van der Waals surface area contributed by atoms with Crippen LogP contribution in [-0.2, 0) is 56.8 Å². The summed E-state index contributed by atoms with van der Waals surface area (Å²) in [4.78, 5) is 0. The third-order valence-corrected chi connectivity index (χ3v) is 5.35. The van der Waals surface area contributed by atoms with Crippen molar-refractivity contribution in [2.75, 3.05) is 132 Å². The van der Waals surface area contributed by atoms with Gasteiger partial charge in [0.05, 0.1) is 103 Å². The summed E-state index contributed by atoms with van der Waals surface area (Å²) in [6.07, 6.45) is -2.51. The Labute approximate surface area is 322 Å². The third-order valence-electron chi connectivity index (χ3n) is 5.35. The fourth-order valence-electron chi connectivity index (χ4n) is 3.08. The maximum Gasteiger partial charge on any atom is 0.0976 e. The van der Waals surface area contributed by atoms with Gasteiger partial charge >= 0.3 is 0 Å². The molecule has 0 radical (unpaired) electrons. The Morgan fingerprint density at radius 2 is 0.417 bits per heavy atom. The second kappa shape index (κ2) is 67.0. The van der Waals surface area contributed by atoms with Crippen LogP contribution >= 0.6 is 0 Å². The van der Waals surface area contributed by atoms with Crippen LogP contribution in [0, 0.1) is 42.7 Å². The smallest absolute Gasteiger partial charge is 0.0976 e. The van der Waals surface area contributed by atoms with Gasteiger partial charge in [-0.15, -0.1) is 0 Å². The van der Waals surface area contributed by atoms with Crippen molar-refractivity contribution in [3.05, 3.63) is 42.7 Å². The summed E-state index contributed by atoms with van der Waals surface area (Å²) >= 11 is 0. The normalized spacial score (nSPS) is 12.9. The van der Waals surface area contributed by atoms with Crippen molar-refractivity contribution < 1.29 is 97.7 Å². The Hall–Kier alpha value is -6.80. The van der Waals surface area contributed by atoms with Crippen LogP contribution in [0.5, 0.6) is 0 Å². The molecule has 0 rings (SSSR count). The van der Waals surface area contributed by atoms with Gasteiger partial charge in [0.15, 0.2) is 0 Å². The molecule has 0 heterocycles. The summed E-state index contributed by atoms with van der Waals surface area (Å²) < 4.78 is 57.0. The molecule has 0 amide bonds. The zero-order valence-electron chi connectivity index (χ0n) is 36.0. The molecule has 6 atom stereocenters. The average Bonchev–Trinajstić information content (AvgIpc) is 3.12. The van der Waals surface area contributed by atoms with E-state index in [-0.39, 0.29) is 106 Å². The van der Waals surface area contributed by atoms with Gasteiger partial charge < -0.3 is 97.7 Å². The first kappa shape index (κ1) is 77.7. The molecular formula is C34H70O20Rf6-6. The Morgan fingerprint density at radius 3 is 0.550 bits per heavy atom. The summed E-state index contributed by atoms with van der Waals surface area (Å²) in [7, 11) is 18.8. The molecule has 8 N–H and O–H groups in total. The molecule has 0 aromatic heterocycles. The molecule has 0 bridgehead atoms. The van der Waals surface area contributed by atoms with Crippen LogP contribution in [0.25, 0.3) is 0 Å². The van der Waals surface area contributed by atoms with Gasteiger partial charge in [0.2, 0.25) is 0 Å². The van der Waals surface area contributed by atoms with Crippen LogP contribution in [0.15, 0.2) is 0 Å². The van der Waals surface area contributed by atoms with E-state index in [0.717, 1.165) is 0 Å². The maximum absolute atomic E-state index is 9.21. The Kier molecular flexibility index (Phi) is 86.7. The van der Waals surface area contributed by atoms with E-state index in [9.17, 15) is 20.4 Å². The van der Waals surface area contributed by atoms with Crippen LogP contribution in [0.1, 0.15) is 12.8 Å². The van der Waals surface area contributed by atoms with Gasteiger partial charge in [-0.1, -0.05) is 0 Å². The van der Waals surface area contributed by atoms with Gasteiger partial charge in [-0.2, -0.15) is 0 Å². The molecule has 344 valence electrons. The van der Waals surface area contributed by atoms with Crippen molar-refractivity contribution in [1.29, 1.82) is 0 Å². The first-order valence-electron chi connectivity index (χ1n) is 17.0. The molecule has 0 aliphatic carbocycles. The summed E-state index contributed by atoms with van der Waals surface area (Å²) in [5.74, 6) is 0. The first-order valence-corrected chi connectivity index (χ1v) is 17.0. The van der Waals surface area contributed by atoms with Crippen LogP contribution in [0.2, 0.25) is 0 Å². The summed E-state index contributed by atoms with van der Waals surface area (Å²) in [6.45, 7) is 4.53. The van der Waals surface area contributed by atoms with Gasteiger partial charge in [-0.25, -0.2) is 42.7 Å². The SMILES string of the molecule is [CH2-]OCC(O)COCCCOCC(O)CO[CH2-].[CH2-]OCC(O)COCCCOCC(O)CO[CH2-].[CH2-]OCC(O)COCCO.[CH2-]OCC(O)COCCO.[Rf].[Rf].[Rf].[Rf].[Rf].[Rf]. The standard InChI is InChI=1S/2C11H22O6.2C6H13O4.6Rf/c2*1-14-6-10(12)8-16-4-3-5-17-9-11(13)7-15-2;2*1-9-4-6(8)5-10-3-2-7;;;;;;/h2*10-13H,1-9H2;2*6-8H,1-5H2;;;;;;/q2*-2;2*-1;;;;;;. The fourth-order valence-corrected chi connectivity index (χ4v) is 3.08. The van der Waals surface area contributed by atoms with Crippen molar-refractivity contribution in [3.8, 4) is 0 Å². The number of hydrogen-bond acceptors (Lipinski definition) is 20. The van der Waals surface area contributed by atoms with E-state index in [1.807, 2.05) is 0 Å². The van der Waals surface area contributed by atoms with E-state index in [2.05, 4.69) is 71.1 Å². The largest absolute Gasteiger partial charge is 0.553 e. The number of aliphatic hydroxyl groups is 8. The Morgan fingerprint density at radius 1 is 0.267 bits per heavy atom. The quantitative estimate of drug-likeness (QED) is 0.0245. The predicted molar refractivity (Wildman–Crippen MR) is 192 cm³/mol. The number of aliphatic hydroxyl groups excluding tert-OH is 8. The molecule has 20 nitrogen and oxygen atoms in total. The van der Waals surface area contributed by atoms with Crippen LogP contribution < -0.4 is 0 Å². The van der Waals surface area contributed by atoms with Crippen molar-refractivity contribution in [2.24, 2.45) is 0 Å². The van der Waals surface area contributed by atoms with Crippen molar-refractivity contribution in [2.45, 2.75) is 49.5 Å². The summed E-state index contributed by atoms with van der Waals surface area (Å²) in [5.41, 5.74) is 0. The second-order valence-corrected chi connectivity index (χ2v) is 10.8. The van der Waals surface area contributed by atoms with Crippen molar-refractivity contribution in [3.63, 3.8) is 0 Å². The molecule has 0 spiro atoms. The van der Waals surface area contributed by atoms with Gasteiger partial charge in [-0.05, 0) is 12.8 Å². The number of rotatable bonds is 36. The van der Waals surface area contributed by atoms with E-state index >= 15 is 0 Å². The van der Waals surface area contributed by atoms with Gasteiger partial charge in [0.25, 0.3) is 0 Å². The van der Waals surface area contributed by atoms with E-state index < -0.39 is 36.6 Å². The topological polar surface area (TPSA) is 273 Å². The fraction of sp³-hybridized carbons (Fsp3) is 0.824. The van der Waals surface area contributed by atoms with Gasteiger partial charge in [-0.3, -0.25) is 0 Å². The molecule has 6 unspecified atom stereocenters. The molecule has 0 aliphatic rings. The third kappa shape index (κ3) is 76.0. The predicted octanol–water partition coefficient (Wildman–Crippen LogP) is -2.18. The summed E-state index contributed by atoms with van der Waals surface area (Å²) in [6, 6.07) is 0. The molecule has 26 heteroatoms. The van der Waals surface area contributed by atoms with E-state index in [0.29, 0.717) is 39.3 Å². The molecule has 0 saturated heterocycles. The Bertz CT molecular complexity index is 588. The Balaban J connectivity index is -0.0000000690. The zero-order valence-corrected chi connectivity index (χ0v) is 74.4. The molecule has 0 saturated carbocycles. The van der Waals surface area contributed by atoms with Gasteiger partial charge in [0, 0.05) is 66.1 Å². The van der Waals surface area contributed by atoms with E-state index in [4.69, 9.17) is 48.8 Å². The molecule has 0 aromatic rings. The molecular weight excluding hydrogens is 2330 g/mol. The molecule has 0 fully saturated rings. The molecule has 0 aromatic carbocycles. The zero-order chi connectivity index (χ0) is 41.5. The summed E-state index contributed by atoms with van der Waals surface area (Å²) in [5, 5.41) is 71.2. The van der Waals surface area contributed by atoms with Crippen molar-refractivity contribution >= 4 is 0 Å². The van der Waals surface area contributed by atoms with Crippen LogP contribution in [0.3, 0.4) is 0 Å². The van der Waals surface area contributed by atoms with E-state index in [1.165, 1.54) is 0 Å². The molecule has 0 aliphatic heterocycles. The monoisotopic (exact) mass is 2400 g/mol. The van der Waals surface area contributed by atoms with E-state index in [1.54, 1.807) is 0 Å². The minimum atomic E-state index is -0.649. The minimum Gasteiger partial charge on any atom is -0.553 e.